The van der Waals surface area contributed by atoms with E-state index < -0.39 is 0 Å². The van der Waals surface area contributed by atoms with Crippen LogP contribution in [0.15, 0.2) is 0 Å². The number of methoxy groups -OCH3 is 1. The van der Waals surface area contributed by atoms with Crippen molar-refractivity contribution in [1.82, 2.24) is 4.90 Å². The summed E-state index contributed by atoms with van der Waals surface area (Å²) in [6.07, 6.45) is 4.06. The van der Waals surface area contributed by atoms with Gasteiger partial charge in [0, 0.05) is 32.2 Å². The molecule has 18 heavy (non-hydrogen) atoms. The zero-order chi connectivity index (χ0) is 12.4. The predicted molar refractivity (Wildman–Crippen MR) is 73.7 cm³/mol. The number of hydrogen-bond acceptors (Lipinski definition) is 3. The summed E-state index contributed by atoms with van der Waals surface area (Å²) < 4.78 is 5.45. The molecule has 2 fully saturated rings. The van der Waals surface area contributed by atoms with E-state index in [1.165, 1.54) is 0 Å². The molecule has 2 aliphatic rings. The van der Waals surface area contributed by atoms with Crippen molar-refractivity contribution in [1.29, 1.82) is 0 Å². The molecule has 1 saturated carbocycles. The second kappa shape index (κ2) is 6.73. The Hall–Kier alpha value is -0.320. The van der Waals surface area contributed by atoms with Gasteiger partial charge in [-0.1, -0.05) is 6.92 Å². The highest BCUT2D eigenvalue weighted by Crippen LogP contribution is 2.28. The fourth-order valence-electron chi connectivity index (χ4n) is 3.04. The van der Waals surface area contributed by atoms with Gasteiger partial charge < -0.3 is 15.4 Å². The van der Waals surface area contributed by atoms with Crippen LogP contribution < -0.4 is 5.73 Å². The minimum absolute atomic E-state index is 0. The minimum Gasteiger partial charge on any atom is -0.379 e. The Labute approximate surface area is 116 Å². The first-order valence-corrected chi connectivity index (χ1v) is 6.69. The van der Waals surface area contributed by atoms with Crippen molar-refractivity contribution in [3.8, 4) is 0 Å². The monoisotopic (exact) mass is 276 g/mol. The third-order valence-electron chi connectivity index (χ3n) is 4.33. The molecule has 106 valence electrons. The van der Waals surface area contributed by atoms with Crippen molar-refractivity contribution in [2.24, 2.45) is 17.6 Å². The number of carbonyl (C=O) groups is 1. The van der Waals surface area contributed by atoms with Crippen LogP contribution in [0.3, 0.4) is 0 Å². The van der Waals surface area contributed by atoms with Crippen LogP contribution in [0.1, 0.15) is 32.6 Å². The summed E-state index contributed by atoms with van der Waals surface area (Å²) in [6, 6.07) is 0.228. The number of piperidine rings is 1. The molecule has 4 nitrogen and oxygen atoms in total. The zero-order valence-electron chi connectivity index (χ0n) is 11.3. The maximum atomic E-state index is 12.3. The molecule has 1 amide bonds. The first kappa shape index (κ1) is 15.7. The van der Waals surface area contributed by atoms with Gasteiger partial charge in [0.1, 0.15) is 0 Å². The summed E-state index contributed by atoms with van der Waals surface area (Å²) in [5, 5.41) is 0. The van der Waals surface area contributed by atoms with Gasteiger partial charge in [0.05, 0.1) is 6.10 Å². The fraction of sp³-hybridized carbons (Fsp3) is 0.923. The van der Waals surface area contributed by atoms with E-state index in [-0.39, 0.29) is 30.5 Å². The summed E-state index contributed by atoms with van der Waals surface area (Å²) in [7, 11) is 1.74. The molecule has 5 heteroatoms. The molecule has 0 spiro atoms. The Morgan fingerprint density at radius 1 is 1.33 bits per heavy atom. The highest BCUT2D eigenvalue weighted by atomic mass is 35.5. The molecule has 2 N–H and O–H groups in total. The lowest BCUT2D eigenvalue weighted by molar-refractivity contribution is -0.140. The molecule has 0 radical (unpaired) electrons. The Morgan fingerprint density at radius 2 is 2.06 bits per heavy atom. The van der Waals surface area contributed by atoms with Gasteiger partial charge in [-0.05, 0) is 31.6 Å². The first-order valence-electron chi connectivity index (χ1n) is 6.69. The quantitative estimate of drug-likeness (QED) is 0.830. The largest absolute Gasteiger partial charge is 0.379 e. The van der Waals surface area contributed by atoms with Crippen LogP contribution in [0.25, 0.3) is 0 Å². The van der Waals surface area contributed by atoms with Crippen molar-refractivity contribution in [2.75, 3.05) is 20.2 Å². The molecule has 0 aromatic heterocycles. The lowest BCUT2D eigenvalue weighted by atomic mass is 9.94. The van der Waals surface area contributed by atoms with Crippen molar-refractivity contribution >= 4 is 18.3 Å². The Morgan fingerprint density at radius 3 is 2.61 bits per heavy atom. The van der Waals surface area contributed by atoms with Crippen LogP contribution in [-0.2, 0) is 9.53 Å². The zero-order valence-corrected chi connectivity index (χ0v) is 12.1. The Balaban J connectivity index is 0.00000162. The molecular formula is C13H25ClN2O2. The number of ether oxygens (including phenoxy) is 1. The lowest BCUT2D eigenvalue weighted by Gasteiger charge is -2.37. The van der Waals surface area contributed by atoms with E-state index in [2.05, 4.69) is 6.92 Å². The highest BCUT2D eigenvalue weighted by molar-refractivity contribution is 5.85. The normalized spacial score (nSPS) is 36.3. The van der Waals surface area contributed by atoms with Crippen molar-refractivity contribution in [2.45, 2.75) is 44.8 Å². The molecule has 4 unspecified atom stereocenters. The lowest BCUT2D eigenvalue weighted by Crippen LogP contribution is -2.48. The van der Waals surface area contributed by atoms with Crippen LogP contribution in [-0.4, -0.2) is 43.2 Å². The van der Waals surface area contributed by atoms with Crippen molar-refractivity contribution < 1.29 is 9.53 Å². The summed E-state index contributed by atoms with van der Waals surface area (Å²) in [6.45, 7) is 3.83. The maximum absolute atomic E-state index is 12.3. The summed E-state index contributed by atoms with van der Waals surface area (Å²) in [5.74, 6) is 1.01. The van der Waals surface area contributed by atoms with Gasteiger partial charge in [0.15, 0.2) is 0 Å². The number of rotatable bonds is 2. The van der Waals surface area contributed by atoms with Crippen LogP contribution in [0.2, 0.25) is 0 Å². The van der Waals surface area contributed by atoms with E-state index in [4.69, 9.17) is 10.5 Å². The first-order chi connectivity index (χ1) is 8.11. The van der Waals surface area contributed by atoms with E-state index in [1.807, 2.05) is 4.90 Å². The standard InChI is InChI=1S/C13H24N2O2.ClH/c1-9-5-6-15(8-12(9)17-2)13(16)10-3-4-11(14)7-10;/h9-12H,3-8,14H2,1-2H3;1H. The van der Waals surface area contributed by atoms with E-state index in [9.17, 15) is 4.79 Å². The minimum atomic E-state index is 0. The third-order valence-corrected chi connectivity index (χ3v) is 4.33. The number of halogens is 1. The molecule has 0 bridgehead atoms. The molecule has 4 atom stereocenters. The van der Waals surface area contributed by atoms with Gasteiger partial charge in [0.25, 0.3) is 0 Å². The van der Waals surface area contributed by atoms with Gasteiger partial charge in [-0.25, -0.2) is 0 Å². The summed E-state index contributed by atoms with van der Waals surface area (Å²) in [4.78, 5) is 14.3. The number of carbonyl (C=O) groups excluding carboxylic acids is 1. The maximum Gasteiger partial charge on any atom is 0.225 e. The smallest absolute Gasteiger partial charge is 0.225 e. The number of likely N-dealkylation sites (tertiary alicyclic amines) is 1. The molecule has 1 aliphatic carbocycles. The number of hydrogen-bond donors (Lipinski definition) is 1. The molecule has 1 aliphatic heterocycles. The second-order valence-corrected chi connectivity index (χ2v) is 5.59. The van der Waals surface area contributed by atoms with Gasteiger partial charge in [-0.2, -0.15) is 0 Å². The Bertz CT molecular complexity index is 288. The average molecular weight is 277 g/mol. The molecule has 0 aromatic rings. The van der Waals surface area contributed by atoms with Crippen molar-refractivity contribution in [3.63, 3.8) is 0 Å². The average Bonchev–Trinajstić information content (AvgIpc) is 2.75. The number of nitrogens with two attached hydrogens (primary N) is 1. The summed E-state index contributed by atoms with van der Waals surface area (Å²) in [5.41, 5.74) is 5.87. The van der Waals surface area contributed by atoms with E-state index >= 15 is 0 Å². The van der Waals surface area contributed by atoms with E-state index in [0.717, 1.165) is 38.8 Å². The van der Waals surface area contributed by atoms with Crippen LogP contribution in [0.4, 0.5) is 0 Å². The van der Waals surface area contributed by atoms with Crippen LogP contribution in [0, 0.1) is 11.8 Å². The van der Waals surface area contributed by atoms with Gasteiger partial charge in [0.2, 0.25) is 5.91 Å². The number of nitrogens with zero attached hydrogens (tertiary/aromatic N) is 1. The molecule has 1 saturated heterocycles. The summed E-state index contributed by atoms with van der Waals surface area (Å²) >= 11 is 0. The number of amides is 1. The SMILES string of the molecule is COC1CN(C(=O)C2CCC(N)C2)CCC1C.Cl. The van der Waals surface area contributed by atoms with Gasteiger partial charge >= 0.3 is 0 Å². The predicted octanol–water partition coefficient (Wildman–Crippen LogP) is 1.42. The van der Waals surface area contributed by atoms with Crippen LogP contribution >= 0.6 is 12.4 Å². The molecule has 0 aromatic carbocycles. The third kappa shape index (κ3) is 3.37. The second-order valence-electron chi connectivity index (χ2n) is 5.59. The van der Waals surface area contributed by atoms with Crippen LogP contribution in [0.5, 0.6) is 0 Å². The highest BCUT2D eigenvalue weighted by Gasteiger charge is 2.35. The van der Waals surface area contributed by atoms with Crippen molar-refractivity contribution in [3.05, 3.63) is 0 Å². The van der Waals surface area contributed by atoms with E-state index in [1.54, 1.807) is 7.11 Å². The molecule has 1 heterocycles. The van der Waals surface area contributed by atoms with E-state index in [0.29, 0.717) is 11.8 Å². The topological polar surface area (TPSA) is 55.6 Å². The fourth-order valence-corrected chi connectivity index (χ4v) is 3.04. The van der Waals surface area contributed by atoms with Gasteiger partial charge in [-0.15, -0.1) is 12.4 Å². The van der Waals surface area contributed by atoms with Gasteiger partial charge in [-0.3, -0.25) is 4.79 Å². The molecule has 2 rings (SSSR count). The molecular weight excluding hydrogens is 252 g/mol. The Kier molecular flexibility index (Phi) is 5.89.